The Morgan fingerprint density at radius 1 is 0.917 bits per heavy atom. The van der Waals surface area contributed by atoms with E-state index in [1.54, 1.807) is 31.2 Å². The number of rotatable bonds is 5. The topological polar surface area (TPSA) is 63.6 Å². The van der Waals surface area contributed by atoms with Gasteiger partial charge < -0.3 is 9.84 Å². The highest BCUT2D eigenvalue weighted by molar-refractivity contribution is 6.02. The maximum absolute atomic E-state index is 12.4. The molecule has 0 spiro atoms. The van der Waals surface area contributed by atoms with Gasteiger partial charge in [0.25, 0.3) is 0 Å². The third-order valence-electron chi connectivity index (χ3n) is 3.45. The Bertz CT molecular complexity index is 787. The molecule has 2 rings (SSSR count). The van der Waals surface area contributed by atoms with Crippen molar-refractivity contribution in [3.05, 3.63) is 83.4 Å². The highest BCUT2D eigenvalue weighted by atomic mass is 16.5. The van der Waals surface area contributed by atoms with E-state index in [-0.39, 0.29) is 5.57 Å². The van der Waals surface area contributed by atoms with Crippen molar-refractivity contribution in [3.63, 3.8) is 0 Å². The molecule has 0 bridgehead atoms. The average molecular weight is 322 g/mol. The zero-order valence-corrected chi connectivity index (χ0v) is 13.5. The quantitative estimate of drug-likeness (QED) is 0.390. The molecule has 24 heavy (non-hydrogen) atoms. The molecule has 0 unspecified atom stereocenters. The van der Waals surface area contributed by atoms with Gasteiger partial charge in [0.05, 0.1) is 0 Å². The maximum atomic E-state index is 12.4. The highest BCUT2D eigenvalue weighted by Gasteiger charge is 2.15. The molecule has 0 heterocycles. The van der Waals surface area contributed by atoms with Crippen LogP contribution in [0.1, 0.15) is 19.4 Å². The number of carboxylic acid groups (broad SMARTS) is 1. The molecule has 0 fully saturated rings. The van der Waals surface area contributed by atoms with E-state index in [4.69, 9.17) is 9.84 Å². The number of carbonyl (C=O) groups excluding carboxylic acids is 1. The van der Waals surface area contributed by atoms with E-state index < -0.39 is 11.9 Å². The summed E-state index contributed by atoms with van der Waals surface area (Å²) in [5.41, 5.74) is 1.75. The van der Waals surface area contributed by atoms with Gasteiger partial charge in [-0.15, -0.1) is 0 Å². The molecule has 122 valence electrons. The number of para-hydroxylation sites is 1. The van der Waals surface area contributed by atoms with Crippen LogP contribution < -0.4 is 4.74 Å². The third kappa shape index (κ3) is 4.43. The molecular weight excluding hydrogens is 304 g/mol. The first-order valence-electron chi connectivity index (χ1n) is 7.44. The minimum atomic E-state index is -1.03. The van der Waals surface area contributed by atoms with Gasteiger partial charge in [-0.2, -0.15) is 0 Å². The van der Waals surface area contributed by atoms with E-state index in [9.17, 15) is 9.59 Å². The number of hydrogen-bond donors (Lipinski definition) is 1. The molecule has 0 saturated heterocycles. The summed E-state index contributed by atoms with van der Waals surface area (Å²) >= 11 is 0. The summed E-state index contributed by atoms with van der Waals surface area (Å²) in [6, 6.07) is 17.9. The number of carboxylic acids is 1. The van der Waals surface area contributed by atoms with Crippen LogP contribution in [0.25, 0.3) is 5.57 Å². The molecule has 0 aromatic heterocycles. The van der Waals surface area contributed by atoms with Crippen LogP contribution in [0.3, 0.4) is 0 Å². The van der Waals surface area contributed by atoms with Crippen molar-refractivity contribution in [2.45, 2.75) is 13.8 Å². The van der Waals surface area contributed by atoms with Gasteiger partial charge in [-0.05, 0) is 43.2 Å². The summed E-state index contributed by atoms with van der Waals surface area (Å²) in [7, 11) is 0. The highest BCUT2D eigenvalue weighted by Crippen LogP contribution is 2.23. The summed E-state index contributed by atoms with van der Waals surface area (Å²) < 4.78 is 5.35. The smallest absolute Gasteiger partial charge is 0.339 e. The van der Waals surface area contributed by atoms with Crippen LogP contribution >= 0.6 is 0 Å². The van der Waals surface area contributed by atoms with Crippen LogP contribution in [0.4, 0.5) is 0 Å². The number of esters is 1. The Hall–Kier alpha value is -3.14. The predicted molar refractivity (Wildman–Crippen MR) is 92.5 cm³/mol. The van der Waals surface area contributed by atoms with Crippen LogP contribution in [0.5, 0.6) is 5.75 Å². The lowest BCUT2D eigenvalue weighted by Crippen LogP contribution is -2.11. The SMILES string of the molecule is CC(=CC(=C(C)C(=O)Oc1ccccc1)c1ccccc1)C(=O)O. The molecule has 4 heteroatoms. The van der Waals surface area contributed by atoms with Crippen LogP contribution in [-0.4, -0.2) is 17.0 Å². The molecule has 0 aliphatic heterocycles. The van der Waals surface area contributed by atoms with Crippen molar-refractivity contribution in [1.82, 2.24) is 0 Å². The predicted octanol–water partition coefficient (Wildman–Crippen LogP) is 4.10. The minimum absolute atomic E-state index is 0.140. The van der Waals surface area contributed by atoms with Crippen molar-refractivity contribution in [2.75, 3.05) is 0 Å². The van der Waals surface area contributed by atoms with Gasteiger partial charge in [-0.1, -0.05) is 48.5 Å². The van der Waals surface area contributed by atoms with Crippen LogP contribution in [0.15, 0.2) is 77.9 Å². The summed E-state index contributed by atoms with van der Waals surface area (Å²) in [4.78, 5) is 23.6. The Kier molecular flexibility index (Phi) is 5.68. The molecular formula is C20H18O4. The Labute approximate surface area is 140 Å². The fourth-order valence-electron chi connectivity index (χ4n) is 2.09. The normalized spacial score (nSPS) is 12.3. The van der Waals surface area contributed by atoms with E-state index >= 15 is 0 Å². The molecule has 2 aromatic rings. The maximum Gasteiger partial charge on any atom is 0.339 e. The van der Waals surface area contributed by atoms with Gasteiger partial charge in [0, 0.05) is 11.1 Å². The van der Waals surface area contributed by atoms with Crippen molar-refractivity contribution in [2.24, 2.45) is 0 Å². The number of allylic oxidation sites excluding steroid dienone is 2. The summed E-state index contributed by atoms with van der Waals surface area (Å²) in [5, 5.41) is 9.13. The zero-order valence-electron chi connectivity index (χ0n) is 13.5. The van der Waals surface area contributed by atoms with Crippen molar-refractivity contribution in [1.29, 1.82) is 0 Å². The number of benzene rings is 2. The summed E-state index contributed by atoms with van der Waals surface area (Å²) in [5.74, 6) is -1.12. The van der Waals surface area contributed by atoms with E-state index in [0.29, 0.717) is 16.9 Å². The summed E-state index contributed by atoms with van der Waals surface area (Å²) in [6.45, 7) is 3.11. The number of ether oxygens (including phenoxy) is 1. The van der Waals surface area contributed by atoms with Gasteiger partial charge >= 0.3 is 11.9 Å². The summed E-state index contributed by atoms with van der Waals surface area (Å²) in [6.07, 6.45) is 1.49. The van der Waals surface area contributed by atoms with Gasteiger partial charge in [-0.3, -0.25) is 0 Å². The molecule has 0 saturated carbocycles. The second-order valence-corrected chi connectivity index (χ2v) is 5.24. The monoisotopic (exact) mass is 322 g/mol. The first-order chi connectivity index (χ1) is 11.5. The second kappa shape index (κ2) is 7.92. The van der Waals surface area contributed by atoms with E-state index in [1.807, 2.05) is 36.4 Å². The van der Waals surface area contributed by atoms with Gasteiger partial charge in [0.2, 0.25) is 0 Å². The largest absolute Gasteiger partial charge is 0.478 e. The molecule has 1 N–H and O–H groups in total. The number of carbonyl (C=O) groups is 2. The Balaban J connectivity index is 2.43. The molecule has 0 aliphatic rings. The Morgan fingerprint density at radius 3 is 2.00 bits per heavy atom. The van der Waals surface area contributed by atoms with Crippen LogP contribution in [-0.2, 0) is 9.59 Å². The van der Waals surface area contributed by atoms with Crippen molar-refractivity contribution < 1.29 is 19.4 Å². The standard InChI is InChI=1S/C20H18O4/c1-14(19(21)22)13-18(16-9-5-3-6-10-16)15(2)20(23)24-17-11-7-4-8-12-17/h3-13H,1-2H3,(H,21,22). The van der Waals surface area contributed by atoms with E-state index in [1.165, 1.54) is 13.0 Å². The van der Waals surface area contributed by atoms with Crippen molar-refractivity contribution in [3.8, 4) is 5.75 Å². The first kappa shape index (κ1) is 17.2. The minimum Gasteiger partial charge on any atom is -0.478 e. The lowest BCUT2D eigenvalue weighted by atomic mass is 9.98. The molecule has 0 atom stereocenters. The van der Waals surface area contributed by atoms with Crippen molar-refractivity contribution >= 4 is 17.5 Å². The van der Waals surface area contributed by atoms with Crippen LogP contribution in [0.2, 0.25) is 0 Å². The van der Waals surface area contributed by atoms with Gasteiger partial charge in [0.15, 0.2) is 0 Å². The average Bonchev–Trinajstić information content (AvgIpc) is 2.60. The molecule has 0 radical (unpaired) electrons. The lowest BCUT2D eigenvalue weighted by molar-refractivity contribution is -0.132. The molecule has 2 aromatic carbocycles. The van der Waals surface area contributed by atoms with E-state index in [2.05, 4.69) is 0 Å². The van der Waals surface area contributed by atoms with E-state index in [0.717, 1.165) is 5.56 Å². The first-order valence-corrected chi connectivity index (χ1v) is 7.44. The molecule has 4 nitrogen and oxygen atoms in total. The molecule has 0 aliphatic carbocycles. The van der Waals surface area contributed by atoms with Gasteiger partial charge in [-0.25, -0.2) is 9.59 Å². The number of hydrogen-bond acceptors (Lipinski definition) is 3. The second-order valence-electron chi connectivity index (χ2n) is 5.24. The fraction of sp³-hybridized carbons (Fsp3) is 0.100. The van der Waals surface area contributed by atoms with Gasteiger partial charge in [0.1, 0.15) is 5.75 Å². The van der Waals surface area contributed by atoms with Crippen LogP contribution in [0, 0.1) is 0 Å². The lowest BCUT2D eigenvalue weighted by Gasteiger charge is -2.10. The number of aliphatic carboxylic acids is 1. The third-order valence-corrected chi connectivity index (χ3v) is 3.45. The molecule has 0 amide bonds. The Morgan fingerprint density at radius 2 is 1.46 bits per heavy atom. The fourth-order valence-corrected chi connectivity index (χ4v) is 2.09. The zero-order chi connectivity index (χ0) is 17.5.